The molecule has 1 aliphatic heterocycles. The fourth-order valence-corrected chi connectivity index (χ4v) is 2.10. The van der Waals surface area contributed by atoms with Crippen molar-refractivity contribution >= 4 is 0 Å². The molecule has 1 aliphatic rings. The normalized spacial score (nSPS) is 28.0. The predicted octanol–water partition coefficient (Wildman–Crippen LogP) is -2.02. The Morgan fingerprint density at radius 1 is 0.923 bits per heavy atom. The van der Waals surface area contributed by atoms with E-state index >= 15 is 0 Å². The van der Waals surface area contributed by atoms with Gasteiger partial charge >= 0.3 is 0 Å². The molecule has 7 heteroatoms. The number of rotatable bonds is 6. The topological polar surface area (TPSA) is 120 Å². The SMILES string of the molecule is CC#CC#CC#CC#CCC[C@@H](CO)O[C@@H]1O[C@H](CO)[C@@H](O)[C@H](O)[C@H]1O. The molecule has 0 spiro atoms. The molecule has 26 heavy (non-hydrogen) atoms. The first-order valence-corrected chi connectivity index (χ1v) is 8.01. The van der Waals surface area contributed by atoms with Gasteiger partial charge in [-0.3, -0.25) is 0 Å². The molecule has 0 amide bonds. The summed E-state index contributed by atoms with van der Waals surface area (Å²) >= 11 is 0. The lowest BCUT2D eigenvalue weighted by Gasteiger charge is -2.40. The standard InChI is InChI=1S/C19H22O7/c1-2-3-4-5-6-7-8-9-10-11-14(12-20)25-19-18(24)17(23)16(22)15(13-21)26-19/h14-24H,10-13H2,1H3/t14-,15+,16+,17-,18+,19+/m0/s1. The highest BCUT2D eigenvalue weighted by Gasteiger charge is 2.44. The molecule has 0 aliphatic carbocycles. The summed E-state index contributed by atoms with van der Waals surface area (Å²) in [7, 11) is 0. The minimum Gasteiger partial charge on any atom is -0.394 e. The minimum absolute atomic E-state index is 0.327. The first kappa shape index (κ1) is 22.0. The molecule has 1 saturated heterocycles. The van der Waals surface area contributed by atoms with E-state index in [4.69, 9.17) is 14.6 Å². The molecular formula is C19H22O7. The van der Waals surface area contributed by atoms with E-state index in [1.165, 1.54) is 0 Å². The lowest BCUT2D eigenvalue weighted by Crippen LogP contribution is -2.59. The van der Waals surface area contributed by atoms with Crippen molar-refractivity contribution < 1.29 is 35.0 Å². The van der Waals surface area contributed by atoms with Gasteiger partial charge < -0.3 is 35.0 Å². The highest BCUT2D eigenvalue weighted by molar-refractivity contribution is 5.39. The van der Waals surface area contributed by atoms with E-state index in [9.17, 15) is 20.4 Å². The zero-order chi connectivity index (χ0) is 19.4. The zero-order valence-electron chi connectivity index (χ0n) is 14.3. The van der Waals surface area contributed by atoms with Gasteiger partial charge in [0.2, 0.25) is 0 Å². The molecule has 0 radical (unpaired) electrons. The van der Waals surface area contributed by atoms with Gasteiger partial charge in [-0.05, 0) is 48.9 Å². The second kappa shape index (κ2) is 12.3. The third-order valence-corrected chi connectivity index (χ3v) is 3.50. The van der Waals surface area contributed by atoms with Gasteiger partial charge in [-0.1, -0.05) is 11.8 Å². The van der Waals surface area contributed by atoms with E-state index in [-0.39, 0.29) is 6.61 Å². The highest BCUT2D eigenvalue weighted by Crippen LogP contribution is 2.23. The van der Waals surface area contributed by atoms with Gasteiger partial charge in [-0.25, -0.2) is 0 Å². The first-order valence-electron chi connectivity index (χ1n) is 8.01. The number of hydrogen-bond donors (Lipinski definition) is 5. The van der Waals surface area contributed by atoms with Crippen molar-refractivity contribution in [2.45, 2.75) is 56.6 Å². The molecule has 5 N–H and O–H groups in total. The Morgan fingerprint density at radius 3 is 2.19 bits per heavy atom. The van der Waals surface area contributed by atoms with E-state index in [1.807, 2.05) is 0 Å². The molecular weight excluding hydrogens is 340 g/mol. The largest absolute Gasteiger partial charge is 0.394 e. The molecule has 0 saturated carbocycles. The van der Waals surface area contributed by atoms with Crippen molar-refractivity contribution in [1.82, 2.24) is 0 Å². The Balaban J connectivity index is 2.52. The van der Waals surface area contributed by atoms with Gasteiger partial charge in [0, 0.05) is 6.42 Å². The number of hydrogen-bond acceptors (Lipinski definition) is 7. The number of aliphatic hydroxyl groups excluding tert-OH is 5. The molecule has 0 aromatic rings. The second-order valence-electron chi connectivity index (χ2n) is 5.35. The average molecular weight is 362 g/mol. The van der Waals surface area contributed by atoms with Crippen LogP contribution in [-0.2, 0) is 9.47 Å². The molecule has 6 atom stereocenters. The summed E-state index contributed by atoms with van der Waals surface area (Å²) in [6.45, 7) is 0.765. The Bertz CT molecular complexity index is 672. The molecule has 0 unspecified atom stereocenters. The number of ether oxygens (including phenoxy) is 2. The fraction of sp³-hybridized carbons (Fsp3) is 0.579. The quantitative estimate of drug-likeness (QED) is 0.346. The van der Waals surface area contributed by atoms with Crippen LogP contribution in [0.25, 0.3) is 0 Å². The molecule has 0 aromatic heterocycles. The summed E-state index contributed by atoms with van der Waals surface area (Å²) < 4.78 is 10.7. The molecule has 7 nitrogen and oxygen atoms in total. The first-order chi connectivity index (χ1) is 12.5. The molecule has 1 heterocycles. The van der Waals surface area contributed by atoms with Gasteiger partial charge in [-0.2, -0.15) is 0 Å². The van der Waals surface area contributed by atoms with Crippen molar-refractivity contribution in [3.8, 4) is 47.4 Å². The summed E-state index contributed by atoms with van der Waals surface area (Å²) in [6, 6.07) is 0. The fourth-order valence-electron chi connectivity index (χ4n) is 2.10. The van der Waals surface area contributed by atoms with E-state index in [1.54, 1.807) is 6.92 Å². The Labute approximate surface area is 152 Å². The van der Waals surface area contributed by atoms with Crippen LogP contribution in [0, 0.1) is 47.4 Å². The maximum Gasteiger partial charge on any atom is 0.187 e. The smallest absolute Gasteiger partial charge is 0.187 e. The molecule has 0 aromatic carbocycles. The van der Waals surface area contributed by atoms with E-state index < -0.39 is 43.4 Å². The Morgan fingerprint density at radius 2 is 1.58 bits per heavy atom. The van der Waals surface area contributed by atoms with Crippen molar-refractivity contribution in [1.29, 1.82) is 0 Å². The van der Waals surface area contributed by atoms with Crippen LogP contribution in [-0.4, -0.2) is 75.6 Å². The Kier molecular flexibility index (Phi) is 10.4. The van der Waals surface area contributed by atoms with Gasteiger partial charge in [0.1, 0.15) is 24.4 Å². The van der Waals surface area contributed by atoms with Crippen LogP contribution < -0.4 is 0 Å². The summed E-state index contributed by atoms with van der Waals surface area (Å²) in [5.41, 5.74) is 0. The second-order valence-corrected chi connectivity index (χ2v) is 5.35. The van der Waals surface area contributed by atoms with E-state index in [2.05, 4.69) is 47.4 Å². The monoisotopic (exact) mass is 362 g/mol. The van der Waals surface area contributed by atoms with Crippen LogP contribution >= 0.6 is 0 Å². The van der Waals surface area contributed by atoms with Crippen LogP contribution in [0.1, 0.15) is 19.8 Å². The van der Waals surface area contributed by atoms with Crippen molar-refractivity contribution in [2.24, 2.45) is 0 Å². The third-order valence-electron chi connectivity index (χ3n) is 3.50. The van der Waals surface area contributed by atoms with E-state index in [0.29, 0.717) is 12.8 Å². The number of aliphatic hydroxyl groups is 5. The Hall–Kier alpha value is -2.04. The van der Waals surface area contributed by atoms with Crippen LogP contribution in [0.3, 0.4) is 0 Å². The lowest BCUT2D eigenvalue weighted by molar-refractivity contribution is -0.313. The lowest BCUT2D eigenvalue weighted by atomic mass is 9.99. The summed E-state index contributed by atoms with van der Waals surface area (Å²) in [5.74, 6) is 20.6. The maximum absolute atomic E-state index is 9.90. The summed E-state index contributed by atoms with van der Waals surface area (Å²) in [5, 5.41) is 47.8. The van der Waals surface area contributed by atoms with Gasteiger partial charge in [0.05, 0.1) is 19.3 Å². The molecule has 0 bridgehead atoms. The molecule has 1 rings (SSSR count). The molecule has 140 valence electrons. The van der Waals surface area contributed by atoms with Crippen LogP contribution in [0.5, 0.6) is 0 Å². The van der Waals surface area contributed by atoms with Crippen LogP contribution in [0.4, 0.5) is 0 Å². The zero-order valence-corrected chi connectivity index (χ0v) is 14.3. The summed E-state index contributed by atoms with van der Waals surface area (Å²) in [6.07, 6.45) is -6.87. The molecule has 1 fully saturated rings. The van der Waals surface area contributed by atoms with Crippen LogP contribution in [0.2, 0.25) is 0 Å². The maximum atomic E-state index is 9.90. The average Bonchev–Trinajstić information content (AvgIpc) is 2.65. The van der Waals surface area contributed by atoms with Gasteiger partial charge in [0.15, 0.2) is 6.29 Å². The van der Waals surface area contributed by atoms with Gasteiger partial charge in [0.25, 0.3) is 0 Å². The highest BCUT2D eigenvalue weighted by atomic mass is 16.7. The van der Waals surface area contributed by atoms with E-state index in [0.717, 1.165) is 0 Å². The van der Waals surface area contributed by atoms with Crippen molar-refractivity contribution in [3.63, 3.8) is 0 Å². The van der Waals surface area contributed by atoms with Gasteiger partial charge in [-0.15, -0.1) is 0 Å². The third kappa shape index (κ3) is 7.06. The van der Waals surface area contributed by atoms with Crippen LogP contribution in [0.15, 0.2) is 0 Å². The predicted molar refractivity (Wildman–Crippen MR) is 91.7 cm³/mol. The van der Waals surface area contributed by atoms with Crippen molar-refractivity contribution in [3.05, 3.63) is 0 Å². The minimum atomic E-state index is -1.53. The summed E-state index contributed by atoms with van der Waals surface area (Å²) in [4.78, 5) is 0. The van der Waals surface area contributed by atoms with Crippen molar-refractivity contribution in [2.75, 3.05) is 13.2 Å².